The number of benzene rings is 2. The maximum absolute atomic E-state index is 13.0. The predicted molar refractivity (Wildman–Crippen MR) is 139 cm³/mol. The second-order valence-corrected chi connectivity index (χ2v) is 10.2. The fraction of sp³-hybridized carbons (Fsp3) is 0.464. The first kappa shape index (κ1) is 26.3. The second-order valence-electron chi connectivity index (χ2n) is 10.2. The first-order valence-corrected chi connectivity index (χ1v) is 12.6. The van der Waals surface area contributed by atoms with Gasteiger partial charge in [-0.25, -0.2) is 14.6 Å². The monoisotopic (exact) mass is 509 g/mol. The van der Waals surface area contributed by atoms with Crippen molar-refractivity contribution in [1.29, 1.82) is 0 Å². The Morgan fingerprint density at radius 3 is 2.54 bits per heavy atom. The molecule has 9 heteroatoms. The van der Waals surface area contributed by atoms with E-state index in [0.29, 0.717) is 49.9 Å². The van der Waals surface area contributed by atoms with Gasteiger partial charge in [-0.05, 0) is 45.4 Å². The van der Waals surface area contributed by atoms with Gasteiger partial charge < -0.3 is 28.4 Å². The van der Waals surface area contributed by atoms with Crippen LogP contribution in [-0.2, 0) is 16.1 Å². The summed E-state index contributed by atoms with van der Waals surface area (Å²) in [4.78, 5) is 33.5. The zero-order chi connectivity index (χ0) is 26.6. The molecule has 9 nitrogen and oxygen atoms in total. The second kappa shape index (κ2) is 11.1. The van der Waals surface area contributed by atoms with Crippen LogP contribution in [0.4, 0.5) is 9.59 Å². The average molecular weight is 510 g/mol. The Bertz CT molecular complexity index is 1230. The highest BCUT2D eigenvalue weighted by Crippen LogP contribution is 2.28. The van der Waals surface area contributed by atoms with E-state index in [0.717, 1.165) is 16.6 Å². The third kappa shape index (κ3) is 6.72. The normalized spacial score (nSPS) is 16.1. The maximum atomic E-state index is 13.0. The van der Waals surface area contributed by atoms with Crippen LogP contribution in [0.1, 0.15) is 44.2 Å². The zero-order valence-electron chi connectivity index (χ0n) is 22.2. The van der Waals surface area contributed by atoms with Gasteiger partial charge in [0.05, 0.1) is 12.6 Å². The number of ether oxygens (including phenoxy) is 3. The van der Waals surface area contributed by atoms with E-state index in [-0.39, 0.29) is 12.6 Å². The Kier molecular flexibility index (Phi) is 7.90. The lowest BCUT2D eigenvalue weighted by molar-refractivity contribution is -0.00615. The fourth-order valence-electron chi connectivity index (χ4n) is 4.32. The van der Waals surface area contributed by atoms with Crippen LogP contribution in [0.25, 0.3) is 11.1 Å². The minimum Gasteiger partial charge on any atom is -0.493 e. The molecule has 2 aromatic carbocycles. The molecule has 1 aromatic heterocycles. The number of aryl methyl sites for hydroxylation is 2. The largest absolute Gasteiger partial charge is 0.493 e. The summed E-state index contributed by atoms with van der Waals surface area (Å²) < 4.78 is 23.0. The SMILES string of the molecule is Cc1nc2ccc(OCC[C@@H]3CN(C(=O)OCc4ccccc4)CCN3C(=O)OC(C)(C)C)c(C)c2o1. The Balaban J connectivity index is 1.41. The summed E-state index contributed by atoms with van der Waals surface area (Å²) in [6, 6.07) is 13.0. The molecule has 2 amide bonds. The van der Waals surface area contributed by atoms with Gasteiger partial charge >= 0.3 is 12.2 Å². The van der Waals surface area contributed by atoms with E-state index >= 15 is 0 Å². The molecule has 0 aliphatic carbocycles. The van der Waals surface area contributed by atoms with Gasteiger partial charge in [-0.1, -0.05) is 30.3 Å². The van der Waals surface area contributed by atoms with Crippen molar-refractivity contribution in [1.82, 2.24) is 14.8 Å². The molecule has 0 saturated carbocycles. The summed E-state index contributed by atoms with van der Waals surface area (Å²) in [6.45, 7) is 10.8. The van der Waals surface area contributed by atoms with Crippen LogP contribution >= 0.6 is 0 Å². The van der Waals surface area contributed by atoms with Gasteiger partial charge in [0, 0.05) is 38.5 Å². The number of oxazole rings is 1. The van der Waals surface area contributed by atoms with Crippen LogP contribution < -0.4 is 4.74 Å². The molecule has 0 bridgehead atoms. The summed E-state index contributed by atoms with van der Waals surface area (Å²) in [7, 11) is 0. The number of hydrogen-bond donors (Lipinski definition) is 0. The Morgan fingerprint density at radius 1 is 1.05 bits per heavy atom. The fourth-order valence-corrected chi connectivity index (χ4v) is 4.32. The zero-order valence-corrected chi connectivity index (χ0v) is 22.2. The highest BCUT2D eigenvalue weighted by atomic mass is 16.6. The molecule has 1 atom stereocenters. The molecule has 2 heterocycles. The molecule has 1 aliphatic rings. The van der Waals surface area contributed by atoms with Gasteiger partial charge in [0.1, 0.15) is 23.5 Å². The molecular formula is C28H35N3O6. The van der Waals surface area contributed by atoms with Gasteiger partial charge in [0.2, 0.25) is 0 Å². The van der Waals surface area contributed by atoms with Gasteiger partial charge in [0.25, 0.3) is 0 Å². The molecule has 37 heavy (non-hydrogen) atoms. The Hall–Kier alpha value is -3.75. The Morgan fingerprint density at radius 2 is 1.81 bits per heavy atom. The summed E-state index contributed by atoms with van der Waals surface area (Å²) in [5.41, 5.74) is 2.66. The van der Waals surface area contributed by atoms with Gasteiger partial charge in [-0.2, -0.15) is 0 Å². The van der Waals surface area contributed by atoms with Crippen molar-refractivity contribution in [2.24, 2.45) is 0 Å². The van der Waals surface area contributed by atoms with Crippen LogP contribution in [0.15, 0.2) is 46.9 Å². The topological polar surface area (TPSA) is 94.3 Å². The molecule has 1 fully saturated rings. The van der Waals surface area contributed by atoms with E-state index in [9.17, 15) is 9.59 Å². The lowest BCUT2D eigenvalue weighted by Crippen LogP contribution is -2.57. The van der Waals surface area contributed by atoms with Gasteiger partial charge in [-0.15, -0.1) is 0 Å². The third-order valence-corrected chi connectivity index (χ3v) is 6.15. The lowest BCUT2D eigenvalue weighted by Gasteiger charge is -2.41. The molecule has 0 spiro atoms. The molecule has 0 radical (unpaired) electrons. The summed E-state index contributed by atoms with van der Waals surface area (Å²) >= 11 is 0. The summed E-state index contributed by atoms with van der Waals surface area (Å²) in [5.74, 6) is 1.30. The van der Waals surface area contributed by atoms with Crippen molar-refractivity contribution in [3.63, 3.8) is 0 Å². The van der Waals surface area contributed by atoms with Crippen molar-refractivity contribution in [3.05, 3.63) is 59.5 Å². The van der Waals surface area contributed by atoms with Crippen molar-refractivity contribution in [2.75, 3.05) is 26.2 Å². The van der Waals surface area contributed by atoms with Crippen LogP contribution in [-0.4, -0.2) is 64.9 Å². The molecule has 1 aliphatic heterocycles. The predicted octanol–water partition coefficient (Wildman–Crippen LogP) is 5.47. The van der Waals surface area contributed by atoms with E-state index in [1.807, 2.05) is 77.1 Å². The number of piperazine rings is 1. The molecule has 1 saturated heterocycles. The van der Waals surface area contributed by atoms with Crippen molar-refractivity contribution >= 4 is 23.3 Å². The maximum Gasteiger partial charge on any atom is 0.410 e. The van der Waals surface area contributed by atoms with Crippen LogP contribution in [0, 0.1) is 13.8 Å². The molecular weight excluding hydrogens is 474 g/mol. The van der Waals surface area contributed by atoms with Crippen LogP contribution in [0.2, 0.25) is 0 Å². The third-order valence-electron chi connectivity index (χ3n) is 6.15. The molecule has 0 unspecified atom stereocenters. The highest BCUT2D eigenvalue weighted by Gasteiger charge is 2.35. The number of nitrogens with zero attached hydrogens (tertiary/aromatic N) is 3. The van der Waals surface area contributed by atoms with Gasteiger partial charge in [-0.3, -0.25) is 0 Å². The Labute approximate surface area is 217 Å². The first-order chi connectivity index (χ1) is 17.6. The minimum atomic E-state index is -0.619. The molecule has 3 aromatic rings. The highest BCUT2D eigenvalue weighted by molar-refractivity contribution is 5.78. The number of carbonyl (C=O) groups excluding carboxylic acids is 2. The molecule has 198 valence electrons. The van der Waals surface area contributed by atoms with E-state index < -0.39 is 17.8 Å². The quantitative estimate of drug-likeness (QED) is 0.435. The smallest absolute Gasteiger partial charge is 0.410 e. The van der Waals surface area contributed by atoms with Crippen molar-refractivity contribution in [3.8, 4) is 5.75 Å². The van der Waals surface area contributed by atoms with Crippen LogP contribution in [0.5, 0.6) is 5.75 Å². The number of fused-ring (bicyclic) bond motifs is 1. The number of carbonyl (C=O) groups is 2. The van der Waals surface area contributed by atoms with Crippen LogP contribution in [0.3, 0.4) is 0 Å². The molecule has 4 rings (SSSR count). The van der Waals surface area contributed by atoms with Crippen molar-refractivity contribution in [2.45, 2.75) is 59.3 Å². The summed E-state index contributed by atoms with van der Waals surface area (Å²) in [5, 5.41) is 0. The minimum absolute atomic E-state index is 0.197. The standard InChI is InChI=1S/C28H35N3O6/c1-19-24(12-11-23-25(19)36-20(2)29-23)34-16-13-22-17-30(14-15-31(22)27(33)37-28(3,4)5)26(32)35-18-21-9-7-6-8-10-21/h6-12,22H,13-18H2,1-5H3/t22-/m1/s1. The van der Waals surface area contributed by atoms with Crippen molar-refractivity contribution < 1.29 is 28.2 Å². The van der Waals surface area contributed by atoms with Gasteiger partial charge in [0.15, 0.2) is 11.5 Å². The summed E-state index contributed by atoms with van der Waals surface area (Å²) in [6.07, 6.45) is -0.292. The number of aromatic nitrogens is 1. The lowest BCUT2D eigenvalue weighted by atomic mass is 10.1. The molecule has 0 N–H and O–H groups in total. The van der Waals surface area contributed by atoms with E-state index in [1.54, 1.807) is 9.80 Å². The number of hydrogen-bond acceptors (Lipinski definition) is 7. The van der Waals surface area contributed by atoms with E-state index in [4.69, 9.17) is 18.6 Å². The van der Waals surface area contributed by atoms with E-state index in [2.05, 4.69) is 4.98 Å². The number of rotatable bonds is 6. The van der Waals surface area contributed by atoms with E-state index in [1.165, 1.54) is 0 Å². The first-order valence-electron chi connectivity index (χ1n) is 12.6. The average Bonchev–Trinajstić information content (AvgIpc) is 3.24. The number of amides is 2.